The Morgan fingerprint density at radius 3 is 2.77 bits per heavy atom. The maximum absolute atomic E-state index is 12.4. The number of carbonyl (C=O) groups excluding carboxylic acids is 2. The van der Waals surface area contributed by atoms with Crippen molar-refractivity contribution in [2.45, 2.75) is 32.8 Å². The maximum Gasteiger partial charge on any atom is 0.322 e. The Kier molecular flexibility index (Phi) is 5.08. The van der Waals surface area contributed by atoms with Gasteiger partial charge in [-0.1, -0.05) is 18.5 Å². The van der Waals surface area contributed by atoms with E-state index in [0.717, 1.165) is 6.42 Å². The molecule has 120 valence electrons. The quantitative estimate of drug-likeness (QED) is 0.865. The first-order valence-corrected chi connectivity index (χ1v) is 7.73. The average molecular weight is 325 g/mol. The van der Waals surface area contributed by atoms with Crippen LogP contribution in [0.25, 0.3) is 0 Å². The zero-order valence-electron chi connectivity index (χ0n) is 13.1. The van der Waals surface area contributed by atoms with E-state index >= 15 is 0 Å². The lowest BCUT2D eigenvalue weighted by Gasteiger charge is -2.39. The number of rotatable bonds is 3. The second-order valence-electron chi connectivity index (χ2n) is 5.75. The largest absolute Gasteiger partial charge is 0.372 e. The summed E-state index contributed by atoms with van der Waals surface area (Å²) < 4.78 is 5.73. The van der Waals surface area contributed by atoms with E-state index in [1.165, 1.54) is 6.92 Å². The standard InChI is InChI=1S/C16H21ClN2O3/c1-4-16(3)10-19(7-8-22-16)15(21)18-12-5-6-13(11(2)20)14(17)9-12/h5-6,9H,4,7-8,10H2,1-3H3,(H,18,21). The fraction of sp³-hybridized carbons (Fsp3) is 0.500. The molecule has 0 saturated carbocycles. The second kappa shape index (κ2) is 6.67. The van der Waals surface area contributed by atoms with Crippen molar-refractivity contribution < 1.29 is 14.3 Å². The maximum atomic E-state index is 12.4. The van der Waals surface area contributed by atoms with Gasteiger partial charge in [0.25, 0.3) is 0 Å². The Morgan fingerprint density at radius 1 is 1.45 bits per heavy atom. The number of nitrogens with zero attached hydrogens (tertiary/aromatic N) is 1. The lowest BCUT2D eigenvalue weighted by Crippen LogP contribution is -2.53. The van der Waals surface area contributed by atoms with Gasteiger partial charge in [0, 0.05) is 17.8 Å². The minimum absolute atomic E-state index is 0.102. The smallest absolute Gasteiger partial charge is 0.322 e. The Hall–Kier alpha value is -1.59. The van der Waals surface area contributed by atoms with E-state index < -0.39 is 0 Å². The van der Waals surface area contributed by atoms with Gasteiger partial charge in [0.1, 0.15) is 0 Å². The molecule has 1 fully saturated rings. The molecule has 0 bridgehead atoms. The van der Waals surface area contributed by atoms with Crippen LogP contribution in [0.15, 0.2) is 18.2 Å². The first-order valence-electron chi connectivity index (χ1n) is 7.35. The predicted molar refractivity (Wildman–Crippen MR) is 86.7 cm³/mol. The molecule has 2 amide bonds. The van der Waals surface area contributed by atoms with Gasteiger partial charge in [0.05, 0.1) is 23.8 Å². The summed E-state index contributed by atoms with van der Waals surface area (Å²) in [6.07, 6.45) is 0.843. The Bertz CT molecular complexity index is 591. The number of hydrogen-bond acceptors (Lipinski definition) is 3. The highest BCUT2D eigenvalue weighted by atomic mass is 35.5. The number of carbonyl (C=O) groups is 2. The van der Waals surface area contributed by atoms with Crippen molar-refractivity contribution in [2.24, 2.45) is 0 Å². The van der Waals surface area contributed by atoms with Crippen molar-refractivity contribution in [1.29, 1.82) is 0 Å². The van der Waals surface area contributed by atoms with E-state index in [1.807, 2.05) is 13.8 Å². The van der Waals surface area contributed by atoms with Gasteiger partial charge in [-0.15, -0.1) is 0 Å². The van der Waals surface area contributed by atoms with Crippen molar-refractivity contribution in [3.63, 3.8) is 0 Å². The third kappa shape index (κ3) is 3.78. The first-order chi connectivity index (χ1) is 10.3. The molecule has 0 aliphatic carbocycles. The molecule has 0 spiro atoms. The van der Waals surface area contributed by atoms with E-state index in [1.54, 1.807) is 23.1 Å². The zero-order valence-corrected chi connectivity index (χ0v) is 13.9. The lowest BCUT2D eigenvalue weighted by molar-refractivity contribution is -0.0860. The highest BCUT2D eigenvalue weighted by Crippen LogP contribution is 2.24. The molecule has 1 atom stereocenters. The van der Waals surface area contributed by atoms with Crippen molar-refractivity contribution in [3.8, 4) is 0 Å². The van der Waals surface area contributed by atoms with Gasteiger partial charge in [-0.25, -0.2) is 4.79 Å². The first kappa shape index (κ1) is 16.8. The molecule has 22 heavy (non-hydrogen) atoms. The minimum Gasteiger partial charge on any atom is -0.372 e. The monoisotopic (exact) mass is 324 g/mol. The summed E-state index contributed by atoms with van der Waals surface area (Å²) in [7, 11) is 0. The molecule has 1 heterocycles. The summed E-state index contributed by atoms with van der Waals surface area (Å²) in [6.45, 7) is 7.14. The molecule has 1 N–H and O–H groups in total. The number of amides is 2. The average Bonchev–Trinajstić information content (AvgIpc) is 2.47. The van der Waals surface area contributed by atoms with E-state index in [2.05, 4.69) is 5.32 Å². The summed E-state index contributed by atoms with van der Waals surface area (Å²) >= 11 is 6.06. The fourth-order valence-corrected chi connectivity index (χ4v) is 2.71. The van der Waals surface area contributed by atoms with Crippen LogP contribution in [-0.4, -0.2) is 42.0 Å². The van der Waals surface area contributed by atoms with Crippen LogP contribution in [0.3, 0.4) is 0 Å². The second-order valence-corrected chi connectivity index (χ2v) is 6.16. The predicted octanol–water partition coefficient (Wildman–Crippen LogP) is 3.58. The van der Waals surface area contributed by atoms with Gasteiger partial charge in [-0.3, -0.25) is 4.79 Å². The van der Waals surface area contributed by atoms with Crippen LogP contribution in [0.5, 0.6) is 0 Å². The Balaban J connectivity index is 2.06. The number of Topliss-reactive ketones (excluding diaryl/α,β-unsaturated/α-hetero) is 1. The van der Waals surface area contributed by atoms with Gasteiger partial charge in [-0.2, -0.15) is 0 Å². The molecule has 6 heteroatoms. The molecular weight excluding hydrogens is 304 g/mol. The lowest BCUT2D eigenvalue weighted by atomic mass is 10.0. The normalized spacial score (nSPS) is 21.5. The summed E-state index contributed by atoms with van der Waals surface area (Å²) in [6, 6.07) is 4.71. The number of halogens is 1. The van der Waals surface area contributed by atoms with E-state index in [4.69, 9.17) is 16.3 Å². The summed E-state index contributed by atoms with van der Waals surface area (Å²) in [5.41, 5.74) is 0.723. The summed E-state index contributed by atoms with van der Waals surface area (Å²) in [5.74, 6) is -0.102. The van der Waals surface area contributed by atoms with Gasteiger partial charge in [0.2, 0.25) is 0 Å². The Morgan fingerprint density at radius 2 is 2.18 bits per heavy atom. The van der Waals surface area contributed by atoms with Crippen molar-refractivity contribution in [3.05, 3.63) is 28.8 Å². The molecule has 1 aliphatic rings. The van der Waals surface area contributed by atoms with E-state index in [9.17, 15) is 9.59 Å². The molecule has 5 nitrogen and oxygen atoms in total. The molecule has 2 rings (SSSR count). The minimum atomic E-state index is -0.300. The van der Waals surface area contributed by atoms with Crippen LogP contribution in [0.1, 0.15) is 37.6 Å². The van der Waals surface area contributed by atoms with Crippen molar-refractivity contribution in [1.82, 2.24) is 4.90 Å². The van der Waals surface area contributed by atoms with Gasteiger partial charge in [-0.05, 0) is 38.5 Å². The van der Waals surface area contributed by atoms with Crippen LogP contribution in [0, 0.1) is 0 Å². The van der Waals surface area contributed by atoms with Crippen LogP contribution in [-0.2, 0) is 4.74 Å². The summed E-state index contributed by atoms with van der Waals surface area (Å²) in [4.78, 5) is 25.4. The molecule has 1 aromatic rings. The molecular formula is C16H21ClN2O3. The SMILES string of the molecule is CCC1(C)CN(C(=O)Nc2ccc(C(C)=O)c(Cl)c2)CCO1. The number of hydrogen-bond donors (Lipinski definition) is 1. The fourth-order valence-electron chi connectivity index (χ4n) is 2.40. The van der Waals surface area contributed by atoms with Crippen molar-refractivity contribution in [2.75, 3.05) is 25.0 Å². The molecule has 1 aliphatic heterocycles. The van der Waals surface area contributed by atoms with Crippen LogP contribution in [0.2, 0.25) is 5.02 Å². The molecule has 0 radical (unpaired) electrons. The van der Waals surface area contributed by atoms with Gasteiger partial charge >= 0.3 is 6.03 Å². The number of anilines is 1. The molecule has 1 unspecified atom stereocenters. The molecule has 1 saturated heterocycles. The molecule has 0 aromatic heterocycles. The Labute approximate surface area is 135 Å². The number of morpholine rings is 1. The number of urea groups is 1. The third-order valence-electron chi connectivity index (χ3n) is 3.97. The number of ether oxygens (including phenoxy) is 1. The van der Waals surface area contributed by atoms with Crippen molar-refractivity contribution >= 4 is 29.1 Å². The highest BCUT2D eigenvalue weighted by molar-refractivity contribution is 6.34. The molecule has 1 aromatic carbocycles. The van der Waals surface area contributed by atoms with Crippen LogP contribution < -0.4 is 5.32 Å². The number of nitrogens with one attached hydrogen (secondary N) is 1. The van der Waals surface area contributed by atoms with Gasteiger partial charge in [0.15, 0.2) is 5.78 Å². The topological polar surface area (TPSA) is 58.6 Å². The number of benzene rings is 1. The van der Waals surface area contributed by atoms with Crippen LogP contribution in [0.4, 0.5) is 10.5 Å². The van der Waals surface area contributed by atoms with E-state index in [-0.39, 0.29) is 17.4 Å². The number of ketones is 1. The highest BCUT2D eigenvalue weighted by Gasteiger charge is 2.32. The zero-order chi connectivity index (χ0) is 16.3. The third-order valence-corrected chi connectivity index (χ3v) is 4.28. The van der Waals surface area contributed by atoms with Gasteiger partial charge < -0.3 is 15.0 Å². The van der Waals surface area contributed by atoms with E-state index in [0.29, 0.717) is 36.0 Å². The summed E-state index contributed by atoms with van der Waals surface area (Å²) in [5, 5.41) is 3.15. The van der Waals surface area contributed by atoms with Crippen LogP contribution >= 0.6 is 11.6 Å².